The summed E-state index contributed by atoms with van der Waals surface area (Å²) in [6, 6.07) is 4.00. The van der Waals surface area contributed by atoms with Crippen LogP contribution in [0.25, 0.3) is 0 Å². The number of hydrogen-bond donors (Lipinski definition) is 0. The van der Waals surface area contributed by atoms with Crippen LogP contribution in [0.15, 0.2) is 12.1 Å². The zero-order chi connectivity index (χ0) is 17.7. The second-order valence-corrected chi connectivity index (χ2v) is 8.38. The molecule has 4 nitrogen and oxygen atoms in total. The summed E-state index contributed by atoms with van der Waals surface area (Å²) >= 11 is 0. The van der Waals surface area contributed by atoms with Crippen LogP contribution in [0.1, 0.15) is 61.5 Å². The molecule has 2 aliphatic heterocycles. The van der Waals surface area contributed by atoms with Crippen LogP contribution in [-0.4, -0.2) is 35.3 Å². The standard InChI is InChI=1S/C20H27NO3/c1-13-10-14(2)17-15(22)12-20(24-16(17)11-13)6-8-21(9-7-20)18(23)19(3,4)5/h10-11H,6-9,12H2,1-5H3. The number of hydrogen-bond acceptors (Lipinski definition) is 3. The minimum atomic E-state index is -0.445. The molecule has 1 amide bonds. The molecule has 0 bridgehead atoms. The normalized spacial score (nSPS) is 19.9. The number of rotatable bonds is 0. The number of amides is 1. The van der Waals surface area contributed by atoms with Crippen molar-refractivity contribution >= 4 is 11.7 Å². The van der Waals surface area contributed by atoms with E-state index in [-0.39, 0.29) is 17.1 Å². The Balaban J connectivity index is 1.80. The van der Waals surface area contributed by atoms with Crippen molar-refractivity contribution in [3.05, 3.63) is 28.8 Å². The van der Waals surface area contributed by atoms with Gasteiger partial charge in [-0.25, -0.2) is 0 Å². The van der Waals surface area contributed by atoms with Gasteiger partial charge in [-0.05, 0) is 31.0 Å². The lowest BCUT2D eigenvalue weighted by Gasteiger charge is -2.45. The Kier molecular flexibility index (Phi) is 3.97. The summed E-state index contributed by atoms with van der Waals surface area (Å²) in [5.41, 5.74) is 2.02. The van der Waals surface area contributed by atoms with Gasteiger partial charge in [0.05, 0.1) is 12.0 Å². The van der Waals surface area contributed by atoms with E-state index in [2.05, 4.69) is 0 Å². The van der Waals surface area contributed by atoms with E-state index in [1.807, 2.05) is 51.7 Å². The molecular weight excluding hydrogens is 302 g/mol. The van der Waals surface area contributed by atoms with Gasteiger partial charge in [0.1, 0.15) is 11.4 Å². The minimum absolute atomic E-state index is 0.171. The molecule has 0 atom stereocenters. The molecule has 0 unspecified atom stereocenters. The Morgan fingerprint density at radius 1 is 1.17 bits per heavy atom. The van der Waals surface area contributed by atoms with Crippen molar-refractivity contribution in [2.45, 2.75) is 59.5 Å². The highest BCUT2D eigenvalue weighted by Crippen LogP contribution is 2.41. The number of piperidine rings is 1. The van der Waals surface area contributed by atoms with Crippen LogP contribution in [0.4, 0.5) is 0 Å². The molecule has 0 saturated carbocycles. The van der Waals surface area contributed by atoms with E-state index < -0.39 is 5.60 Å². The number of ether oxygens (including phenoxy) is 1. The second kappa shape index (κ2) is 5.61. The largest absolute Gasteiger partial charge is 0.486 e. The third-order valence-corrected chi connectivity index (χ3v) is 5.14. The van der Waals surface area contributed by atoms with Crippen LogP contribution in [0.5, 0.6) is 5.75 Å². The number of benzene rings is 1. The highest BCUT2D eigenvalue weighted by molar-refractivity contribution is 6.01. The SMILES string of the molecule is Cc1cc(C)c2c(c1)OC1(CCN(C(=O)C(C)(C)C)CC1)CC2=O. The van der Waals surface area contributed by atoms with Crippen molar-refractivity contribution in [1.29, 1.82) is 0 Å². The highest BCUT2D eigenvalue weighted by Gasteiger charge is 2.45. The Morgan fingerprint density at radius 3 is 2.38 bits per heavy atom. The van der Waals surface area contributed by atoms with E-state index in [4.69, 9.17) is 4.74 Å². The number of carbonyl (C=O) groups excluding carboxylic acids is 2. The molecule has 0 aliphatic carbocycles. The number of nitrogens with zero attached hydrogens (tertiary/aromatic N) is 1. The number of Topliss-reactive ketones (excluding diaryl/α,β-unsaturated/α-hetero) is 1. The third kappa shape index (κ3) is 2.94. The zero-order valence-electron chi connectivity index (χ0n) is 15.4. The first-order valence-corrected chi connectivity index (χ1v) is 8.74. The minimum Gasteiger partial charge on any atom is -0.486 e. The van der Waals surface area contributed by atoms with E-state index >= 15 is 0 Å². The first-order valence-electron chi connectivity index (χ1n) is 8.74. The highest BCUT2D eigenvalue weighted by atomic mass is 16.5. The number of likely N-dealkylation sites (tertiary alicyclic amines) is 1. The summed E-state index contributed by atoms with van der Waals surface area (Å²) in [7, 11) is 0. The van der Waals surface area contributed by atoms with Gasteiger partial charge in [-0.1, -0.05) is 26.8 Å². The maximum absolute atomic E-state index is 12.7. The quantitative estimate of drug-likeness (QED) is 0.729. The predicted molar refractivity (Wildman–Crippen MR) is 93.5 cm³/mol. The number of fused-ring (bicyclic) bond motifs is 1. The van der Waals surface area contributed by atoms with Crippen LogP contribution in [0, 0.1) is 19.3 Å². The maximum Gasteiger partial charge on any atom is 0.227 e. The third-order valence-electron chi connectivity index (χ3n) is 5.14. The van der Waals surface area contributed by atoms with Gasteiger partial charge in [0.25, 0.3) is 0 Å². The van der Waals surface area contributed by atoms with Crippen LogP contribution < -0.4 is 4.74 Å². The van der Waals surface area contributed by atoms with Crippen molar-refractivity contribution < 1.29 is 14.3 Å². The Hall–Kier alpha value is -1.84. The lowest BCUT2D eigenvalue weighted by atomic mass is 9.80. The molecule has 1 saturated heterocycles. The van der Waals surface area contributed by atoms with Gasteiger partial charge in [-0.3, -0.25) is 9.59 Å². The fourth-order valence-electron chi connectivity index (χ4n) is 3.89. The topological polar surface area (TPSA) is 46.6 Å². The van der Waals surface area contributed by atoms with Crippen molar-refractivity contribution in [3.63, 3.8) is 0 Å². The van der Waals surface area contributed by atoms with Crippen LogP contribution in [0.2, 0.25) is 0 Å². The monoisotopic (exact) mass is 329 g/mol. The van der Waals surface area contributed by atoms with E-state index in [1.54, 1.807) is 0 Å². The Bertz CT molecular complexity index is 692. The molecule has 2 aliphatic rings. The molecule has 3 rings (SSSR count). The lowest BCUT2D eigenvalue weighted by Crippen LogP contribution is -2.54. The van der Waals surface area contributed by atoms with Crippen LogP contribution in [0.3, 0.4) is 0 Å². The number of aryl methyl sites for hydroxylation is 2. The predicted octanol–water partition coefficient (Wildman–Crippen LogP) is 3.68. The molecule has 0 N–H and O–H groups in total. The van der Waals surface area contributed by atoms with E-state index in [0.29, 0.717) is 32.4 Å². The van der Waals surface area contributed by atoms with Crippen molar-refractivity contribution in [2.75, 3.05) is 13.1 Å². The van der Waals surface area contributed by atoms with E-state index in [9.17, 15) is 9.59 Å². The van der Waals surface area contributed by atoms with Gasteiger partial charge in [0.2, 0.25) is 5.91 Å². The Labute approximate surface area is 144 Å². The van der Waals surface area contributed by atoms with Crippen LogP contribution in [-0.2, 0) is 4.79 Å². The average molecular weight is 329 g/mol. The average Bonchev–Trinajstić information content (AvgIpc) is 2.45. The lowest BCUT2D eigenvalue weighted by molar-refractivity contribution is -0.143. The van der Waals surface area contributed by atoms with E-state index in [0.717, 1.165) is 22.4 Å². The summed E-state index contributed by atoms with van der Waals surface area (Å²) < 4.78 is 6.35. The molecule has 1 aromatic carbocycles. The molecule has 1 fully saturated rings. The molecule has 2 heterocycles. The summed E-state index contributed by atoms with van der Waals surface area (Å²) in [6.07, 6.45) is 1.85. The molecule has 1 spiro atoms. The summed E-state index contributed by atoms with van der Waals surface area (Å²) in [6.45, 7) is 11.1. The first kappa shape index (κ1) is 17.0. The van der Waals surface area contributed by atoms with Gasteiger partial charge in [0.15, 0.2) is 5.78 Å². The zero-order valence-corrected chi connectivity index (χ0v) is 15.4. The summed E-state index contributed by atoms with van der Waals surface area (Å²) in [5, 5.41) is 0. The van der Waals surface area contributed by atoms with Gasteiger partial charge in [-0.15, -0.1) is 0 Å². The summed E-state index contributed by atoms with van der Waals surface area (Å²) in [5.74, 6) is 1.07. The van der Waals surface area contributed by atoms with Gasteiger partial charge < -0.3 is 9.64 Å². The Morgan fingerprint density at radius 2 is 1.79 bits per heavy atom. The van der Waals surface area contributed by atoms with Crippen molar-refractivity contribution in [1.82, 2.24) is 4.90 Å². The first-order chi connectivity index (χ1) is 11.1. The van der Waals surface area contributed by atoms with Crippen molar-refractivity contribution in [2.24, 2.45) is 5.41 Å². The van der Waals surface area contributed by atoms with Gasteiger partial charge in [-0.2, -0.15) is 0 Å². The van der Waals surface area contributed by atoms with Crippen molar-refractivity contribution in [3.8, 4) is 5.75 Å². The van der Waals surface area contributed by atoms with E-state index in [1.165, 1.54) is 0 Å². The molecule has 130 valence electrons. The smallest absolute Gasteiger partial charge is 0.227 e. The van der Waals surface area contributed by atoms with Gasteiger partial charge in [0, 0.05) is 31.3 Å². The molecule has 1 aromatic rings. The molecule has 4 heteroatoms. The van der Waals surface area contributed by atoms with Gasteiger partial charge >= 0.3 is 0 Å². The fourth-order valence-corrected chi connectivity index (χ4v) is 3.89. The fraction of sp³-hybridized carbons (Fsp3) is 0.600. The molecule has 0 aromatic heterocycles. The van der Waals surface area contributed by atoms with Crippen LogP contribution >= 0.6 is 0 Å². The molecular formula is C20H27NO3. The molecule has 24 heavy (non-hydrogen) atoms. The summed E-state index contributed by atoms with van der Waals surface area (Å²) in [4.78, 5) is 27.1. The number of carbonyl (C=O) groups is 2. The maximum atomic E-state index is 12.7. The number of ketones is 1. The second-order valence-electron chi connectivity index (χ2n) is 8.38. The molecule has 0 radical (unpaired) electrons.